The van der Waals surface area contributed by atoms with Gasteiger partial charge >= 0.3 is 0 Å². The molecule has 1 heterocycles. The highest BCUT2D eigenvalue weighted by Crippen LogP contribution is 2.31. The number of carbonyl (C=O) groups is 2. The van der Waals surface area contributed by atoms with Crippen LogP contribution >= 0.6 is 0 Å². The molecule has 2 aromatic rings. The van der Waals surface area contributed by atoms with Gasteiger partial charge in [0.2, 0.25) is 15.9 Å². The molecule has 1 aliphatic heterocycles. The van der Waals surface area contributed by atoms with Crippen molar-refractivity contribution in [3.63, 3.8) is 0 Å². The zero-order valence-electron chi connectivity index (χ0n) is 16.9. The summed E-state index contributed by atoms with van der Waals surface area (Å²) < 4.78 is 37.0. The van der Waals surface area contributed by atoms with Crippen molar-refractivity contribution < 1.29 is 27.5 Å². The number of hydrogen-bond acceptors (Lipinski definition) is 6. The van der Waals surface area contributed by atoms with Crippen molar-refractivity contribution in [3.05, 3.63) is 48.0 Å². The van der Waals surface area contributed by atoms with Gasteiger partial charge in [0.05, 0.1) is 25.7 Å². The first-order valence-electron chi connectivity index (χ1n) is 9.15. The summed E-state index contributed by atoms with van der Waals surface area (Å²) in [6.45, 7) is 0.257. The van der Waals surface area contributed by atoms with E-state index in [1.165, 1.54) is 43.4 Å². The standard InChI is InChI=1S/C20H23N3O6S/c1-22(15-6-9-17(28-2)18(12-15)29-3)20(25)14-4-7-16(8-5-14)30(26,27)23-11-10-21-19(24)13-23/h4-9,12H,10-11,13H2,1-3H3,(H,21,24). The number of sulfonamides is 1. The van der Waals surface area contributed by atoms with Crippen molar-refractivity contribution >= 4 is 27.5 Å². The van der Waals surface area contributed by atoms with Gasteiger partial charge in [-0.05, 0) is 36.4 Å². The highest BCUT2D eigenvalue weighted by atomic mass is 32.2. The van der Waals surface area contributed by atoms with Gasteiger partial charge in [-0.2, -0.15) is 4.31 Å². The molecule has 0 aliphatic carbocycles. The summed E-state index contributed by atoms with van der Waals surface area (Å²) in [6, 6.07) is 10.8. The van der Waals surface area contributed by atoms with Crippen LogP contribution in [0.2, 0.25) is 0 Å². The van der Waals surface area contributed by atoms with Gasteiger partial charge in [0.25, 0.3) is 5.91 Å². The van der Waals surface area contributed by atoms with Crippen molar-refractivity contribution in [3.8, 4) is 11.5 Å². The molecule has 3 rings (SSSR count). The molecule has 0 unspecified atom stereocenters. The molecule has 10 heteroatoms. The summed E-state index contributed by atoms with van der Waals surface area (Å²) in [6.07, 6.45) is 0. The molecule has 0 saturated carbocycles. The Bertz CT molecular complexity index is 1050. The van der Waals surface area contributed by atoms with Gasteiger partial charge in [-0.25, -0.2) is 8.42 Å². The number of piperazine rings is 1. The summed E-state index contributed by atoms with van der Waals surface area (Å²) >= 11 is 0. The van der Waals surface area contributed by atoms with Gasteiger partial charge in [0.1, 0.15) is 0 Å². The lowest BCUT2D eigenvalue weighted by Crippen LogP contribution is -2.49. The maximum absolute atomic E-state index is 12.8. The number of nitrogens with one attached hydrogen (secondary N) is 1. The van der Waals surface area contributed by atoms with Crippen molar-refractivity contribution in [2.45, 2.75) is 4.90 Å². The van der Waals surface area contributed by atoms with E-state index in [0.717, 1.165) is 4.31 Å². The Kier molecular flexibility index (Phi) is 6.28. The van der Waals surface area contributed by atoms with Crippen LogP contribution in [0.5, 0.6) is 11.5 Å². The second-order valence-corrected chi connectivity index (χ2v) is 8.55. The minimum Gasteiger partial charge on any atom is -0.493 e. The maximum Gasteiger partial charge on any atom is 0.258 e. The smallest absolute Gasteiger partial charge is 0.258 e. The molecule has 1 N–H and O–H groups in total. The lowest BCUT2D eigenvalue weighted by Gasteiger charge is -2.26. The number of hydrogen-bond donors (Lipinski definition) is 1. The maximum atomic E-state index is 12.8. The monoisotopic (exact) mass is 433 g/mol. The third-order valence-electron chi connectivity index (χ3n) is 4.80. The van der Waals surface area contributed by atoms with Gasteiger partial charge in [-0.15, -0.1) is 0 Å². The molecule has 0 aromatic heterocycles. The molecule has 0 radical (unpaired) electrons. The number of amides is 2. The van der Waals surface area contributed by atoms with Crippen LogP contribution in [-0.2, 0) is 14.8 Å². The van der Waals surface area contributed by atoms with Crippen LogP contribution in [0, 0.1) is 0 Å². The highest BCUT2D eigenvalue weighted by Gasteiger charge is 2.29. The number of methoxy groups -OCH3 is 2. The quantitative estimate of drug-likeness (QED) is 0.732. The van der Waals surface area contributed by atoms with Crippen LogP contribution in [0.25, 0.3) is 0 Å². The molecule has 1 fully saturated rings. The Labute approximate surface area is 175 Å². The fourth-order valence-corrected chi connectivity index (χ4v) is 4.48. The molecule has 30 heavy (non-hydrogen) atoms. The fourth-order valence-electron chi connectivity index (χ4n) is 3.08. The summed E-state index contributed by atoms with van der Waals surface area (Å²) in [5.41, 5.74) is 0.913. The largest absolute Gasteiger partial charge is 0.493 e. The van der Waals surface area contributed by atoms with Crippen LogP contribution in [0.3, 0.4) is 0 Å². The Morgan fingerprint density at radius 2 is 1.73 bits per heavy atom. The topological polar surface area (TPSA) is 105 Å². The van der Waals surface area contributed by atoms with Crippen LogP contribution in [0.15, 0.2) is 47.4 Å². The van der Waals surface area contributed by atoms with E-state index in [0.29, 0.717) is 22.7 Å². The van der Waals surface area contributed by atoms with Crippen molar-refractivity contribution in [1.29, 1.82) is 0 Å². The van der Waals surface area contributed by atoms with Crippen LogP contribution < -0.4 is 19.7 Å². The average molecular weight is 433 g/mol. The van der Waals surface area contributed by atoms with E-state index >= 15 is 0 Å². The number of ether oxygens (including phenoxy) is 2. The predicted octanol–water partition coefficient (Wildman–Crippen LogP) is 1.10. The molecular weight excluding hydrogens is 410 g/mol. The summed E-state index contributed by atoms with van der Waals surface area (Å²) in [5, 5.41) is 2.59. The van der Waals surface area contributed by atoms with Gasteiger partial charge in [-0.1, -0.05) is 0 Å². The Balaban J connectivity index is 1.80. The molecule has 0 atom stereocenters. The van der Waals surface area contributed by atoms with Crippen molar-refractivity contribution in [2.24, 2.45) is 0 Å². The zero-order valence-corrected chi connectivity index (χ0v) is 17.7. The molecule has 2 aromatic carbocycles. The zero-order chi connectivity index (χ0) is 21.9. The Morgan fingerprint density at radius 1 is 1.07 bits per heavy atom. The number of benzene rings is 2. The van der Waals surface area contributed by atoms with Gasteiger partial charge < -0.3 is 19.7 Å². The lowest BCUT2D eigenvalue weighted by molar-refractivity contribution is -0.122. The lowest BCUT2D eigenvalue weighted by atomic mass is 10.2. The van der Waals surface area contributed by atoms with E-state index in [1.54, 1.807) is 25.2 Å². The molecule has 2 amide bonds. The summed E-state index contributed by atoms with van der Waals surface area (Å²) in [7, 11) is 0.837. The first-order valence-corrected chi connectivity index (χ1v) is 10.6. The second kappa shape index (κ2) is 8.72. The number of rotatable bonds is 6. The molecule has 0 bridgehead atoms. The van der Waals surface area contributed by atoms with E-state index in [4.69, 9.17) is 9.47 Å². The van der Waals surface area contributed by atoms with E-state index < -0.39 is 10.0 Å². The normalized spacial score (nSPS) is 14.7. The number of carbonyl (C=O) groups excluding carboxylic acids is 2. The number of anilines is 1. The first kappa shape index (κ1) is 21.6. The van der Waals surface area contributed by atoms with Gasteiger partial charge in [0.15, 0.2) is 11.5 Å². The predicted molar refractivity (Wildman–Crippen MR) is 110 cm³/mol. The van der Waals surface area contributed by atoms with Crippen molar-refractivity contribution in [1.82, 2.24) is 9.62 Å². The van der Waals surface area contributed by atoms with E-state index in [-0.39, 0.29) is 36.3 Å². The second-order valence-electron chi connectivity index (χ2n) is 6.62. The molecule has 1 aliphatic rings. The molecule has 9 nitrogen and oxygen atoms in total. The fraction of sp³-hybridized carbons (Fsp3) is 0.300. The third kappa shape index (κ3) is 4.24. The van der Waals surface area contributed by atoms with Gasteiger partial charge in [-0.3, -0.25) is 9.59 Å². The number of nitrogens with zero attached hydrogens (tertiary/aromatic N) is 2. The molecular formula is C20H23N3O6S. The van der Waals surface area contributed by atoms with Crippen LogP contribution in [-0.4, -0.2) is 65.4 Å². The van der Waals surface area contributed by atoms with E-state index in [2.05, 4.69) is 5.32 Å². The molecule has 1 saturated heterocycles. The molecule has 160 valence electrons. The van der Waals surface area contributed by atoms with Gasteiger partial charge in [0, 0.05) is 37.5 Å². The van der Waals surface area contributed by atoms with E-state index in [1.807, 2.05) is 0 Å². The third-order valence-corrected chi connectivity index (χ3v) is 6.66. The average Bonchev–Trinajstić information content (AvgIpc) is 2.77. The van der Waals surface area contributed by atoms with Crippen molar-refractivity contribution in [2.75, 3.05) is 45.8 Å². The molecule has 0 spiro atoms. The van der Waals surface area contributed by atoms with Crippen LogP contribution in [0.4, 0.5) is 5.69 Å². The Morgan fingerprint density at radius 3 is 2.33 bits per heavy atom. The summed E-state index contributed by atoms with van der Waals surface area (Å²) in [4.78, 5) is 25.8. The first-order chi connectivity index (χ1) is 14.3. The van der Waals surface area contributed by atoms with E-state index in [9.17, 15) is 18.0 Å². The Hall–Kier alpha value is -3.11. The SMILES string of the molecule is COc1ccc(N(C)C(=O)c2ccc(S(=O)(=O)N3CCNC(=O)C3)cc2)cc1OC. The minimum absolute atomic E-state index is 0.0301. The minimum atomic E-state index is -3.81. The summed E-state index contributed by atoms with van der Waals surface area (Å²) in [5.74, 6) is 0.376. The van der Waals surface area contributed by atoms with Crippen LogP contribution in [0.1, 0.15) is 10.4 Å². The highest BCUT2D eigenvalue weighted by molar-refractivity contribution is 7.89.